The van der Waals surface area contributed by atoms with Crippen LogP contribution in [0.25, 0.3) is 0 Å². The summed E-state index contributed by atoms with van der Waals surface area (Å²) in [5, 5.41) is 0. The summed E-state index contributed by atoms with van der Waals surface area (Å²) in [6, 6.07) is 5.80. The molecule has 0 atom stereocenters. The van der Waals surface area contributed by atoms with Crippen molar-refractivity contribution in [2.45, 2.75) is 78.6 Å². The molecule has 1 heteroatoms. The lowest BCUT2D eigenvalue weighted by Gasteiger charge is -2.28. The molecule has 0 nitrogen and oxygen atoms in total. The van der Waals surface area contributed by atoms with Gasteiger partial charge < -0.3 is 0 Å². The van der Waals surface area contributed by atoms with E-state index in [-0.39, 0.29) is 16.6 Å². The van der Waals surface area contributed by atoms with E-state index in [0.717, 1.165) is 29.9 Å². The maximum Gasteiger partial charge on any atom is 0.127 e. The zero-order valence-corrected chi connectivity index (χ0v) is 14.3. The Bertz CT molecular complexity index is 436. The van der Waals surface area contributed by atoms with E-state index in [4.69, 9.17) is 0 Å². The van der Waals surface area contributed by atoms with Gasteiger partial charge in [0.2, 0.25) is 0 Å². The zero-order valence-electron chi connectivity index (χ0n) is 14.3. The minimum Gasteiger partial charge on any atom is -0.207 e. The van der Waals surface area contributed by atoms with E-state index >= 15 is 0 Å². The zero-order chi connectivity index (χ0) is 15.6. The van der Waals surface area contributed by atoms with Crippen molar-refractivity contribution in [2.75, 3.05) is 0 Å². The molecule has 0 N–H and O–H groups in total. The van der Waals surface area contributed by atoms with Crippen molar-refractivity contribution in [3.05, 3.63) is 35.1 Å². The molecule has 20 heavy (non-hydrogen) atoms. The van der Waals surface area contributed by atoms with Crippen molar-refractivity contribution in [2.24, 2.45) is 5.92 Å². The minimum atomic E-state index is -0.0879. The monoisotopic (exact) mass is 278 g/mol. The Balaban J connectivity index is 2.90. The first kappa shape index (κ1) is 17.2. The van der Waals surface area contributed by atoms with Crippen molar-refractivity contribution in [3.8, 4) is 0 Å². The normalized spacial score (nSPS) is 13.1. The molecule has 0 heterocycles. The highest BCUT2D eigenvalue weighted by atomic mass is 19.1. The highest BCUT2D eigenvalue weighted by molar-refractivity contribution is 5.33. The van der Waals surface area contributed by atoms with Gasteiger partial charge in [0.25, 0.3) is 0 Å². The second-order valence-electron chi connectivity index (χ2n) is 8.11. The van der Waals surface area contributed by atoms with E-state index in [1.807, 2.05) is 6.07 Å². The molecular weight excluding hydrogens is 247 g/mol. The fourth-order valence-electron chi connectivity index (χ4n) is 2.62. The molecule has 0 unspecified atom stereocenters. The lowest BCUT2D eigenvalue weighted by molar-refractivity contribution is 0.407. The maximum atomic E-state index is 14.5. The SMILES string of the molecule is CC(C)CCCC(C)(C)c1ccc(C(C)(C)C)cc1F. The van der Waals surface area contributed by atoms with Gasteiger partial charge in [-0.25, -0.2) is 4.39 Å². The summed E-state index contributed by atoms with van der Waals surface area (Å²) in [5.74, 6) is 0.672. The number of hydrogen-bond donors (Lipinski definition) is 0. The van der Waals surface area contributed by atoms with Crippen LogP contribution in [0.5, 0.6) is 0 Å². The van der Waals surface area contributed by atoms with Crippen molar-refractivity contribution in [3.63, 3.8) is 0 Å². The molecule has 0 aliphatic carbocycles. The second kappa shape index (κ2) is 6.28. The summed E-state index contributed by atoms with van der Waals surface area (Å²) < 4.78 is 14.5. The van der Waals surface area contributed by atoms with E-state index < -0.39 is 0 Å². The van der Waals surface area contributed by atoms with Gasteiger partial charge in [-0.1, -0.05) is 73.4 Å². The summed E-state index contributed by atoms with van der Waals surface area (Å²) in [5.41, 5.74) is 1.84. The molecule has 0 saturated carbocycles. The Kier molecular flexibility index (Phi) is 5.40. The van der Waals surface area contributed by atoms with Gasteiger partial charge in [0.05, 0.1) is 0 Å². The molecule has 1 aromatic rings. The Morgan fingerprint density at radius 3 is 2.10 bits per heavy atom. The standard InChI is InChI=1S/C19H31F/c1-14(2)9-8-12-19(6,7)16-11-10-15(13-17(16)20)18(3,4)5/h10-11,13-14H,8-9,12H2,1-7H3. The van der Waals surface area contributed by atoms with Gasteiger partial charge >= 0.3 is 0 Å². The Morgan fingerprint density at radius 2 is 1.65 bits per heavy atom. The molecule has 0 aliphatic rings. The third-order valence-electron chi connectivity index (χ3n) is 4.15. The molecule has 0 aromatic heterocycles. The van der Waals surface area contributed by atoms with E-state index in [1.165, 1.54) is 6.42 Å². The van der Waals surface area contributed by atoms with Crippen molar-refractivity contribution < 1.29 is 4.39 Å². The van der Waals surface area contributed by atoms with Gasteiger partial charge in [-0.15, -0.1) is 0 Å². The predicted molar refractivity (Wildman–Crippen MR) is 86.8 cm³/mol. The first-order valence-corrected chi connectivity index (χ1v) is 7.84. The van der Waals surface area contributed by atoms with E-state index in [9.17, 15) is 4.39 Å². The van der Waals surface area contributed by atoms with Crippen LogP contribution < -0.4 is 0 Å². The molecule has 0 aliphatic heterocycles. The van der Waals surface area contributed by atoms with Crippen LogP contribution >= 0.6 is 0 Å². The number of hydrogen-bond acceptors (Lipinski definition) is 0. The molecule has 0 saturated heterocycles. The van der Waals surface area contributed by atoms with E-state index in [1.54, 1.807) is 6.07 Å². The maximum absolute atomic E-state index is 14.5. The van der Waals surface area contributed by atoms with Crippen LogP contribution in [0, 0.1) is 11.7 Å². The summed E-state index contributed by atoms with van der Waals surface area (Å²) in [6.07, 6.45) is 3.41. The second-order valence-corrected chi connectivity index (χ2v) is 8.11. The van der Waals surface area contributed by atoms with Crippen molar-refractivity contribution >= 4 is 0 Å². The fourth-order valence-corrected chi connectivity index (χ4v) is 2.62. The van der Waals surface area contributed by atoms with Crippen LogP contribution in [0.15, 0.2) is 18.2 Å². The van der Waals surface area contributed by atoms with Gasteiger partial charge in [0.15, 0.2) is 0 Å². The molecule has 1 rings (SSSR count). The highest BCUT2D eigenvalue weighted by Gasteiger charge is 2.25. The number of rotatable bonds is 5. The fraction of sp³-hybridized carbons (Fsp3) is 0.684. The third kappa shape index (κ3) is 4.61. The minimum absolute atomic E-state index is 0.00115. The van der Waals surface area contributed by atoms with Gasteiger partial charge in [0, 0.05) is 0 Å². The number of benzene rings is 1. The highest BCUT2D eigenvalue weighted by Crippen LogP contribution is 2.33. The summed E-state index contributed by atoms with van der Waals surface area (Å²) in [6.45, 7) is 15.2. The molecule has 0 amide bonds. The molecule has 0 radical (unpaired) electrons. The molecule has 0 fully saturated rings. The molecule has 1 aromatic carbocycles. The average molecular weight is 278 g/mol. The topological polar surface area (TPSA) is 0 Å². The molecule has 0 bridgehead atoms. The Labute approximate surface area is 124 Å². The van der Waals surface area contributed by atoms with Crippen molar-refractivity contribution in [1.29, 1.82) is 0 Å². The smallest absolute Gasteiger partial charge is 0.127 e. The predicted octanol–water partition coefficient (Wildman–Crippen LogP) is 6.23. The van der Waals surface area contributed by atoms with Crippen LogP contribution in [-0.2, 0) is 10.8 Å². The Hall–Kier alpha value is -0.850. The average Bonchev–Trinajstić information content (AvgIpc) is 2.26. The first-order chi connectivity index (χ1) is 9.04. The Morgan fingerprint density at radius 1 is 1.05 bits per heavy atom. The first-order valence-electron chi connectivity index (χ1n) is 7.84. The van der Waals surface area contributed by atoms with E-state index in [0.29, 0.717) is 0 Å². The van der Waals surface area contributed by atoms with Crippen LogP contribution in [-0.4, -0.2) is 0 Å². The lowest BCUT2D eigenvalue weighted by Crippen LogP contribution is -2.20. The van der Waals surface area contributed by atoms with E-state index in [2.05, 4.69) is 54.5 Å². The van der Waals surface area contributed by atoms with Crippen LogP contribution in [0.2, 0.25) is 0 Å². The van der Waals surface area contributed by atoms with Crippen LogP contribution in [0.4, 0.5) is 4.39 Å². The quantitative estimate of drug-likeness (QED) is 0.599. The van der Waals surface area contributed by atoms with Gasteiger partial charge in [-0.3, -0.25) is 0 Å². The summed E-state index contributed by atoms with van der Waals surface area (Å²) in [7, 11) is 0. The van der Waals surface area contributed by atoms with Crippen LogP contribution in [0.1, 0.15) is 78.9 Å². The van der Waals surface area contributed by atoms with Crippen LogP contribution in [0.3, 0.4) is 0 Å². The largest absolute Gasteiger partial charge is 0.207 e. The molecular formula is C19H31F. The lowest BCUT2D eigenvalue weighted by atomic mass is 9.77. The van der Waals surface area contributed by atoms with Gasteiger partial charge in [0.1, 0.15) is 5.82 Å². The van der Waals surface area contributed by atoms with Gasteiger partial charge in [-0.05, 0) is 40.4 Å². The molecule has 0 spiro atoms. The van der Waals surface area contributed by atoms with Gasteiger partial charge in [-0.2, -0.15) is 0 Å². The van der Waals surface area contributed by atoms with Crippen molar-refractivity contribution in [1.82, 2.24) is 0 Å². The number of halogens is 1. The third-order valence-corrected chi connectivity index (χ3v) is 4.15. The summed E-state index contributed by atoms with van der Waals surface area (Å²) >= 11 is 0. The molecule has 114 valence electrons. The summed E-state index contributed by atoms with van der Waals surface area (Å²) in [4.78, 5) is 0.